The maximum absolute atomic E-state index is 5.28. The van der Waals surface area contributed by atoms with Gasteiger partial charge in [-0.3, -0.25) is 4.98 Å². The number of benzene rings is 1. The van der Waals surface area contributed by atoms with E-state index in [1.54, 1.807) is 13.3 Å². The molecule has 1 aromatic carbocycles. The van der Waals surface area contributed by atoms with Crippen molar-refractivity contribution in [3.05, 3.63) is 56.7 Å². The lowest BCUT2D eigenvalue weighted by Crippen LogP contribution is -2.13. The molecule has 100 valence electrons. The van der Waals surface area contributed by atoms with Gasteiger partial charge in [0.2, 0.25) is 0 Å². The number of nitrogens with zero attached hydrogens (tertiary/aromatic N) is 1. The van der Waals surface area contributed by atoms with Crippen molar-refractivity contribution >= 4 is 31.9 Å². The van der Waals surface area contributed by atoms with Gasteiger partial charge >= 0.3 is 0 Å². The van der Waals surface area contributed by atoms with Crippen LogP contribution in [0.25, 0.3) is 0 Å². The van der Waals surface area contributed by atoms with E-state index >= 15 is 0 Å². The highest BCUT2D eigenvalue weighted by molar-refractivity contribution is 9.11. The van der Waals surface area contributed by atoms with Gasteiger partial charge in [0, 0.05) is 19.3 Å². The van der Waals surface area contributed by atoms with E-state index in [0.29, 0.717) is 0 Å². The van der Waals surface area contributed by atoms with Crippen molar-refractivity contribution in [2.24, 2.45) is 0 Å². The summed E-state index contributed by atoms with van der Waals surface area (Å²) >= 11 is 7.00. The number of hydrogen-bond acceptors (Lipinski definition) is 3. The van der Waals surface area contributed by atoms with Gasteiger partial charge in [0.15, 0.2) is 0 Å². The van der Waals surface area contributed by atoms with E-state index in [1.165, 1.54) is 5.56 Å². The fourth-order valence-corrected chi connectivity index (χ4v) is 3.35. The Bertz CT molecular complexity index is 523. The quantitative estimate of drug-likeness (QED) is 0.847. The third-order valence-electron chi connectivity index (χ3n) is 2.62. The van der Waals surface area contributed by atoms with E-state index in [4.69, 9.17) is 4.74 Å². The van der Waals surface area contributed by atoms with E-state index in [2.05, 4.69) is 54.3 Å². The standard InChI is InChI=1S/C14H14Br2N2O/c1-19-14-12(15)6-10(7-13(14)16)8-17-9-11-4-2-3-5-18-11/h2-7,17H,8-9H2,1H3. The monoisotopic (exact) mass is 384 g/mol. The molecule has 19 heavy (non-hydrogen) atoms. The minimum atomic E-state index is 0.752. The van der Waals surface area contributed by atoms with Crippen LogP contribution in [0.3, 0.4) is 0 Å². The summed E-state index contributed by atoms with van der Waals surface area (Å²) in [6.07, 6.45) is 1.80. The number of ether oxygens (including phenoxy) is 1. The Morgan fingerprint density at radius 2 is 1.89 bits per heavy atom. The number of hydrogen-bond donors (Lipinski definition) is 1. The van der Waals surface area contributed by atoms with Crippen molar-refractivity contribution in [1.82, 2.24) is 10.3 Å². The van der Waals surface area contributed by atoms with Crippen LogP contribution in [-0.2, 0) is 13.1 Å². The molecule has 0 saturated carbocycles. The predicted molar refractivity (Wildman–Crippen MR) is 83.2 cm³/mol. The zero-order valence-electron chi connectivity index (χ0n) is 10.5. The molecule has 5 heteroatoms. The molecule has 3 nitrogen and oxygen atoms in total. The molecule has 0 bridgehead atoms. The zero-order chi connectivity index (χ0) is 13.7. The van der Waals surface area contributed by atoms with Crippen LogP contribution in [0.1, 0.15) is 11.3 Å². The van der Waals surface area contributed by atoms with E-state index < -0.39 is 0 Å². The first-order valence-electron chi connectivity index (χ1n) is 5.83. The van der Waals surface area contributed by atoms with Crippen LogP contribution in [0.5, 0.6) is 5.75 Å². The molecule has 0 aliphatic rings. The first-order valence-corrected chi connectivity index (χ1v) is 7.42. The number of nitrogens with one attached hydrogen (secondary N) is 1. The summed E-state index contributed by atoms with van der Waals surface area (Å²) in [4.78, 5) is 4.27. The molecule has 0 spiro atoms. The third-order valence-corrected chi connectivity index (χ3v) is 3.80. The summed E-state index contributed by atoms with van der Waals surface area (Å²) in [5.41, 5.74) is 2.21. The average Bonchev–Trinajstić information content (AvgIpc) is 2.40. The second-order valence-corrected chi connectivity index (χ2v) is 5.73. The van der Waals surface area contributed by atoms with Gasteiger partial charge in [-0.2, -0.15) is 0 Å². The molecule has 1 N–H and O–H groups in total. The summed E-state index contributed by atoms with van der Waals surface area (Å²) in [7, 11) is 1.66. The minimum Gasteiger partial charge on any atom is -0.494 e. The number of aromatic nitrogens is 1. The second-order valence-electron chi connectivity index (χ2n) is 4.02. The Kier molecular flexibility index (Phi) is 5.36. The van der Waals surface area contributed by atoms with Crippen LogP contribution < -0.4 is 10.1 Å². The lowest BCUT2D eigenvalue weighted by Gasteiger charge is -2.10. The molecule has 0 aliphatic carbocycles. The van der Waals surface area contributed by atoms with Crippen molar-refractivity contribution < 1.29 is 4.74 Å². The molecule has 2 aromatic rings. The van der Waals surface area contributed by atoms with Gasteiger partial charge in [-0.1, -0.05) is 6.07 Å². The predicted octanol–water partition coefficient (Wildman–Crippen LogP) is 3.91. The Hall–Kier alpha value is -0.910. The van der Waals surface area contributed by atoms with Gasteiger partial charge in [-0.15, -0.1) is 0 Å². The number of methoxy groups -OCH3 is 1. The van der Waals surface area contributed by atoms with Crippen molar-refractivity contribution in [3.8, 4) is 5.75 Å². The maximum Gasteiger partial charge on any atom is 0.147 e. The highest BCUT2D eigenvalue weighted by Gasteiger charge is 2.07. The SMILES string of the molecule is COc1c(Br)cc(CNCc2ccccn2)cc1Br. The Balaban J connectivity index is 1.97. The number of halogens is 2. The summed E-state index contributed by atoms with van der Waals surface area (Å²) in [6, 6.07) is 10.0. The van der Waals surface area contributed by atoms with E-state index in [9.17, 15) is 0 Å². The molecule has 2 rings (SSSR count). The molecule has 0 saturated heterocycles. The summed E-state index contributed by atoms with van der Waals surface area (Å²) in [5, 5.41) is 3.36. The van der Waals surface area contributed by atoms with E-state index in [-0.39, 0.29) is 0 Å². The van der Waals surface area contributed by atoms with Crippen molar-refractivity contribution in [2.45, 2.75) is 13.1 Å². The van der Waals surface area contributed by atoms with Gasteiger partial charge < -0.3 is 10.1 Å². The second kappa shape index (κ2) is 7.03. The molecular formula is C14H14Br2N2O. The van der Waals surface area contributed by atoms with Gasteiger partial charge in [-0.05, 0) is 61.7 Å². The Morgan fingerprint density at radius 1 is 1.16 bits per heavy atom. The molecule has 0 radical (unpaired) electrons. The van der Waals surface area contributed by atoms with Crippen molar-refractivity contribution in [2.75, 3.05) is 7.11 Å². The van der Waals surface area contributed by atoms with Crippen LogP contribution >= 0.6 is 31.9 Å². The summed E-state index contributed by atoms with van der Waals surface area (Å²) in [5.74, 6) is 0.813. The Labute approximate surface area is 129 Å². The van der Waals surface area contributed by atoms with Crippen LogP contribution in [0.15, 0.2) is 45.5 Å². The van der Waals surface area contributed by atoms with Crippen molar-refractivity contribution in [1.29, 1.82) is 0 Å². The third kappa shape index (κ3) is 4.03. The zero-order valence-corrected chi connectivity index (χ0v) is 13.7. The highest BCUT2D eigenvalue weighted by Crippen LogP contribution is 2.34. The van der Waals surface area contributed by atoms with Crippen LogP contribution in [0, 0.1) is 0 Å². The molecule has 0 amide bonds. The lowest BCUT2D eigenvalue weighted by atomic mass is 10.2. The molecule has 0 aliphatic heterocycles. The van der Waals surface area contributed by atoms with Crippen LogP contribution in [0.4, 0.5) is 0 Å². The average molecular weight is 386 g/mol. The fraction of sp³-hybridized carbons (Fsp3) is 0.214. The summed E-state index contributed by atoms with van der Waals surface area (Å²) < 4.78 is 7.17. The van der Waals surface area contributed by atoms with Crippen LogP contribution in [0.2, 0.25) is 0 Å². The lowest BCUT2D eigenvalue weighted by molar-refractivity contribution is 0.409. The first-order chi connectivity index (χ1) is 9.20. The smallest absolute Gasteiger partial charge is 0.147 e. The van der Waals surface area contributed by atoms with Gasteiger partial charge in [0.05, 0.1) is 21.7 Å². The van der Waals surface area contributed by atoms with E-state index in [0.717, 1.165) is 33.5 Å². The van der Waals surface area contributed by atoms with Gasteiger partial charge in [0.1, 0.15) is 5.75 Å². The summed E-state index contributed by atoms with van der Waals surface area (Å²) in [6.45, 7) is 1.53. The van der Waals surface area contributed by atoms with E-state index in [1.807, 2.05) is 18.2 Å². The number of pyridine rings is 1. The molecule has 0 unspecified atom stereocenters. The maximum atomic E-state index is 5.28. The molecule has 0 atom stereocenters. The normalized spacial score (nSPS) is 10.5. The Morgan fingerprint density at radius 3 is 2.47 bits per heavy atom. The fourth-order valence-electron chi connectivity index (χ4n) is 1.75. The molecular weight excluding hydrogens is 372 g/mol. The van der Waals surface area contributed by atoms with Gasteiger partial charge in [0.25, 0.3) is 0 Å². The van der Waals surface area contributed by atoms with Gasteiger partial charge in [-0.25, -0.2) is 0 Å². The molecule has 1 aromatic heterocycles. The topological polar surface area (TPSA) is 34.1 Å². The van der Waals surface area contributed by atoms with Crippen LogP contribution in [-0.4, -0.2) is 12.1 Å². The first kappa shape index (κ1) is 14.5. The largest absolute Gasteiger partial charge is 0.494 e. The minimum absolute atomic E-state index is 0.752. The van der Waals surface area contributed by atoms with Crippen molar-refractivity contribution in [3.63, 3.8) is 0 Å². The highest BCUT2D eigenvalue weighted by atomic mass is 79.9. The molecule has 1 heterocycles. The molecule has 0 fully saturated rings. The number of rotatable bonds is 5.